The highest BCUT2D eigenvalue weighted by molar-refractivity contribution is 6.20. The van der Waals surface area contributed by atoms with Crippen LogP contribution in [0.5, 0.6) is 0 Å². The molecular formula is C6H9ClO. The summed E-state index contributed by atoms with van der Waals surface area (Å²) >= 11 is 5.73. The van der Waals surface area contributed by atoms with Crippen molar-refractivity contribution < 1.29 is 4.79 Å². The van der Waals surface area contributed by atoms with E-state index in [0.29, 0.717) is 0 Å². The van der Waals surface area contributed by atoms with Gasteiger partial charge in [0, 0.05) is 11.3 Å². The van der Waals surface area contributed by atoms with Crippen molar-refractivity contribution in [2.75, 3.05) is 0 Å². The van der Waals surface area contributed by atoms with Gasteiger partial charge in [-0.15, -0.1) is 11.6 Å². The molecule has 0 bridgehead atoms. The number of carbonyl (C=O) groups is 1. The Balaban J connectivity index is 2.32. The van der Waals surface area contributed by atoms with E-state index in [1.165, 1.54) is 0 Å². The second-order valence-corrected chi connectivity index (χ2v) is 2.92. The second kappa shape index (κ2) is 2.49. The van der Waals surface area contributed by atoms with Gasteiger partial charge in [0.25, 0.3) is 0 Å². The fraction of sp³-hybridized carbons (Fsp3) is 0.833. The summed E-state index contributed by atoms with van der Waals surface area (Å²) in [5.74, 6) is 0.262. The van der Waals surface area contributed by atoms with Gasteiger partial charge in [0.15, 0.2) is 0 Å². The molecule has 1 fully saturated rings. The molecule has 0 aliphatic heterocycles. The molecule has 2 atom stereocenters. The van der Waals surface area contributed by atoms with Crippen LogP contribution in [0, 0.1) is 5.92 Å². The zero-order valence-electron chi connectivity index (χ0n) is 4.64. The maximum atomic E-state index is 10.1. The van der Waals surface area contributed by atoms with Crippen molar-refractivity contribution in [3.8, 4) is 0 Å². The molecule has 0 amide bonds. The maximum Gasteiger partial charge on any atom is 0.123 e. The van der Waals surface area contributed by atoms with Crippen LogP contribution < -0.4 is 0 Å². The molecule has 1 saturated carbocycles. The summed E-state index contributed by atoms with van der Waals surface area (Å²) < 4.78 is 0. The van der Waals surface area contributed by atoms with E-state index in [9.17, 15) is 4.79 Å². The first-order chi connectivity index (χ1) is 3.83. The summed E-state index contributed by atoms with van der Waals surface area (Å²) in [5.41, 5.74) is 0. The zero-order chi connectivity index (χ0) is 5.98. The molecule has 1 aliphatic rings. The number of hydrogen-bond donors (Lipinski definition) is 0. The lowest BCUT2D eigenvalue weighted by atomic mass is 10.1. The molecule has 1 nitrogen and oxygen atoms in total. The minimum Gasteiger partial charge on any atom is -0.303 e. The lowest BCUT2D eigenvalue weighted by Crippen LogP contribution is -1.94. The first-order valence-electron chi connectivity index (χ1n) is 2.92. The van der Waals surface area contributed by atoms with Crippen molar-refractivity contribution in [3.05, 3.63) is 0 Å². The average molecular weight is 133 g/mol. The predicted octanol–water partition coefficient (Wildman–Crippen LogP) is 1.59. The van der Waals surface area contributed by atoms with E-state index in [1.54, 1.807) is 0 Å². The van der Waals surface area contributed by atoms with Gasteiger partial charge in [-0.2, -0.15) is 0 Å². The summed E-state index contributed by atoms with van der Waals surface area (Å²) in [4.78, 5) is 10.1. The van der Waals surface area contributed by atoms with E-state index >= 15 is 0 Å². The molecule has 0 heterocycles. The van der Waals surface area contributed by atoms with Crippen LogP contribution in [-0.2, 0) is 4.79 Å². The molecular weight excluding hydrogens is 124 g/mol. The van der Waals surface area contributed by atoms with Gasteiger partial charge >= 0.3 is 0 Å². The Labute approximate surface area is 54.0 Å². The summed E-state index contributed by atoms with van der Waals surface area (Å²) in [7, 11) is 0. The average Bonchev–Trinajstić information content (AvgIpc) is 2.14. The number of alkyl halides is 1. The highest BCUT2D eigenvalue weighted by Crippen LogP contribution is 2.27. The Bertz CT molecular complexity index is 92.5. The van der Waals surface area contributed by atoms with Gasteiger partial charge in [0.2, 0.25) is 0 Å². The molecule has 0 aromatic rings. The fourth-order valence-electron chi connectivity index (χ4n) is 1.08. The number of hydrogen-bond acceptors (Lipinski definition) is 1. The van der Waals surface area contributed by atoms with Gasteiger partial charge < -0.3 is 4.79 Å². The largest absolute Gasteiger partial charge is 0.303 e. The van der Waals surface area contributed by atoms with Gasteiger partial charge in [-0.3, -0.25) is 0 Å². The van der Waals surface area contributed by atoms with Crippen LogP contribution in [0.3, 0.4) is 0 Å². The van der Waals surface area contributed by atoms with Crippen molar-refractivity contribution in [3.63, 3.8) is 0 Å². The molecule has 0 spiro atoms. The van der Waals surface area contributed by atoms with Crippen LogP contribution in [-0.4, -0.2) is 11.7 Å². The summed E-state index contributed by atoms with van der Waals surface area (Å²) in [6, 6.07) is 0. The quantitative estimate of drug-likeness (QED) is 0.391. The lowest BCUT2D eigenvalue weighted by molar-refractivity contribution is -0.110. The van der Waals surface area contributed by atoms with E-state index in [4.69, 9.17) is 11.6 Å². The molecule has 0 radical (unpaired) electrons. The fourth-order valence-corrected chi connectivity index (χ4v) is 1.44. The molecule has 1 rings (SSSR count). The minimum absolute atomic E-state index is 0.262. The van der Waals surface area contributed by atoms with Crippen LogP contribution in [0.25, 0.3) is 0 Å². The third-order valence-corrected chi connectivity index (χ3v) is 2.00. The summed E-state index contributed by atoms with van der Waals surface area (Å²) in [6.07, 6.45) is 3.93. The third kappa shape index (κ3) is 1.22. The topological polar surface area (TPSA) is 17.1 Å². The van der Waals surface area contributed by atoms with Crippen LogP contribution >= 0.6 is 11.6 Å². The van der Waals surface area contributed by atoms with Crippen LogP contribution in [0.4, 0.5) is 0 Å². The number of rotatable bonds is 1. The Morgan fingerprint density at radius 3 is 2.50 bits per heavy atom. The Morgan fingerprint density at radius 1 is 1.50 bits per heavy atom. The van der Waals surface area contributed by atoms with Gasteiger partial charge in [0.05, 0.1) is 0 Å². The Morgan fingerprint density at radius 2 is 2.25 bits per heavy atom. The number of aldehydes is 1. The van der Waals surface area contributed by atoms with Gasteiger partial charge in [-0.25, -0.2) is 0 Å². The van der Waals surface area contributed by atoms with Crippen LogP contribution in [0.1, 0.15) is 19.3 Å². The van der Waals surface area contributed by atoms with E-state index in [-0.39, 0.29) is 11.3 Å². The molecule has 0 N–H and O–H groups in total. The third-order valence-electron chi connectivity index (χ3n) is 1.60. The number of halogens is 1. The van der Waals surface area contributed by atoms with Crippen molar-refractivity contribution in [1.82, 2.24) is 0 Å². The van der Waals surface area contributed by atoms with Crippen LogP contribution in [0.2, 0.25) is 0 Å². The van der Waals surface area contributed by atoms with Gasteiger partial charge in [0.1, 0.15) is 6.29 Å². The van der Waals surface area contributed by atoms with E-state index in [0.717, 1.165) is 25.5 Å². The summed E-state index contributed by atoms with van der Waals surface area (Å²) in [6.45, 7) is 0. The lowest BCUT2D eigenvalue weighted by Gasteiger charge is -1.93. The molecule has 46 valence electrons. The normalized spacial score (nSPS) is 37.6. The Hall–Kier alpha value is -0.0400. The van der Waals surface area contributed by atoms with Crippen molar-refractivity contribution in [2.24, 2.45) is 5.92 Å². The SMILES string of the molecule is O=C[C@H]1CC[C@@H](Cl)C1. The molecule has 1 aliphatic carbocycles. The molecule has 2 heteroatoms. The van der Waals surface area contributed by atoms with E-state index < -0.39 is 0 Å². The molecule has 0 unspecified atom stereocenters. The predicted molar refractivity (Wildman–Crippen MR) is 33.0 cm³/mol. The highest BCUT2D eigenvalue weighted by atomic mass is 35.5. The first kappa shape index (κ1) is 6.09. The van der Waals surface area contributed by atoms with Crippen molar-refractivity contribution in [1.29, 1.82) is 0 Å². The molecule has 8 heavy (non-hydrogen) atoms. The van der Waals surface area contributed by atoms with Gasteiger partial charge in [-0.1, -0.05) is 0 Å². The van der Waals surface area contributed by atoms with Crippen LogP contribution in [0.15, 0.2) is 0 Å². The minimum atomic E-state index is 0.262. The van der Waals surface area contributed by atoms with Gasteiger partial charge in [-0.05, 0) is 19.3 Å². The van der Waals surface area contributed by atoms with E-state index in [2.05, 4.69) is 0 Å². The van der Waals surface area contributed by atoms with Crippen molar-refractivity contribution in [2.45, 2.75) is 24.6 Å². The first-order valence-corrected chi connectivity index (χ1v) is 3.36. The standard InChI is InChI=1S/C6H9ClO/c7-6-2-1-5(3-6)4-8/h4-6H,1-3H2/t5-,6+/m0/s1. The maximum absolute atomic E-state index is 10.1. The Kier molecular flexibility index (Phi) is 1.90. The summed E-state index contributed by atoms with van der Waals surface area (Å²) in [5, 5.41) is 0.269. The second-order valence-electron chi connectivity index (χ2n) is 2.31. The van der Waals surface area contributed by atoms with Crippen molar-refractivity contribution >= 4 is 17.9 Å². The smallest absolute Gasteiger partial charge is 0.123 e. The molecule has 0 aromatic carbocycles. The van der Waals surface area contributed by atoms with E-state index in [1.807, 2.05) is 0 Å². The molecule has 0 aromatic heterocycles. The zero-order valence-corrected chi connectivity index (χ0v) is 5.40. The molecule has 0 saturated heterocycles. The number of carbonyl (C=O) groups excluding carboxylic acids is 1. The highest BCUT2D eigenvalue weighted by Gasteiger charge is 2.21. The monoisotopic (exact) mass is 132 g/mol.